The highest BCUT2D eigenvalue weighted by Gasteiger charge is 2.32. The molecule has 2 aromatic carbocycles. The van der Waals surface area contributed by atoms with E-state index in [-0.39, 0.29) is 23.6 Å². The predicted molar refractivity (Wildman–Crippen MR) is 173 cm³/mol. The smallest absolute Gasteiger partial charge is 0.355 e. The zero-order valence-corrected chi connectivity index (χ0v) is 27.2. The fraction of sp³-hybridized carbons (Fsp3) is 0.371. The van der Waals surface area contributed by atoms with E-state index in [9.17, 15) is 22.8 Å². The Morgan fingerprint density at radius 3 is 2.34 bits per heavy atom. The molecule has 1 aliphatic heterocycles. The predicted octanol–water partition coefficient (Wildman–Crippen LogP) is 6.29. The maximum Gasteiger partial charge on any atom is 0.433 e. The number of piperazine rings is 1. The summed E-state index contributed by atoms with van der Waals surface area (Å²) in [6.07, 6.45) is -3.47. The number of carbonyl (C=O) groups excluding carboxylic acids is 2. The molecule has 0 spiro atoms. The number of alkyl halides is 3. The van der Waals surface area contributed by atoms with Gasteiger partial charge in [0.2, 0.25) is 0 Å². The van der Waals surface area contributed by atoms with Crippen LogP contribution in [0, 0.1) is 6.92 Å². The highest BCUT2D eigenvalue weighted by atomic mass is 19.4. The molecule has 0 unspecified atom stereocenters. The Morgan fingerprint density at radius 1 is 0.936 bits per heavy atom. The summed E-state index contributed by atoms with van der Waals surface area (Å²) in [5, 5.41) is 9.56. The number of hydrogen-bond donors (Lipinski definition) is 2. The fourth-order valence-corrected chi connectivity index (χ4v) is 5.28. The van der Waals surface area contributed by atoms with Gasteiger partial charge in [-0.15, -0.1) is 0 Å². The van der Waals surface area contributed by atoms with Crippen molar-refractivity contribution in [3.05, 3.63) is 100.0 Å². The molecule has 1 aliphatic rings. The first-order valence-corrected chi connectivity index (χ1v) is 15.4. The number of carbonyl (C=O) groups is 2. The first-order chi connectivity index (χ1) is 22.2. The SMILES string of the molecule is Cc1ccc(NC(=O)c2cc(C(C)(C)C)ccc2CN2CCN(C)CC2)cc1-c1cc(C(=O)NCc2ccc(C(F)(F)F)nc2)no1. The molecule has 3 heterocycles. The molecule has 0 saturated carbocycles. The lowest BCUT2D eigenvalue weighted by Crippen LogP contribution is -2.44. The molecule has 2 aromatic heterocycles. The van der Waals surface area contributed by atoms with Crippen LogP contribution in [0.4, 0.5) is 18.9 Å². The van der Waals surface area contributed by atoms with E-state index in [0.29, 0.717) is 34.7 Å². The lowest BCUT2D eigenvalue weighted by molar-refractivity contribution is -0.141. The van der Waals surface area contributed by atoms with Crippen LogP contribution in [0.3, 0.4) is 0 Å². The number of pyridine rings is 1. The van der Waals surface area contributed by atoms with E-state index in [1.54, 1.807) is 6.07 Å². The van der Waals surface area contributed by atoms with Crippen LogP contribution in [-0.4, -0.2) is 65.0 Å². The number of amides is 2. The van der Waals surface area contributed by atoms with Crippen molar-refractivity contribution >= 4 is 17.5 Å². The molecule has 248 valence electrons. The number of rotatable bonds is 8. The summed E-state index contributed by atoms with van der Waals surface area (Å²) in [6, 6.07) is 15.2. The van der Waals surface area contributed by atoms with E-state index in [2.05, 4.69) is 70.5 Å². The molecular weight excluding hydrogens is 609 g/mol. The molecule has 0 atom stereocenters. The van der Waals surface area contributed by atoms with E-state index in [1.165, 1.54) is 12.1 Å². The van der Waals surface area contributed by atoms with Crippen LogP contribution in [0.25, 0.3) is 11.3 Å². The molecule has 2 amide bonds. The summed E-state index contributed by atoms with van der Waals surface area (Å²) in [6.45, 7) is 12.7. The van der Waals surface area contributed by atoms with Gasteiger partial charge in [0.05, 0.1) is 0 Å². The Hall–Kier alpha value is -4.55. The highest BCUT2D eigenvalue weighted by molar-refractivity contribution is 6.05. The Bertz CT molecular complexity index is 1740. The number of nitrogens with zero attached hydrogens (tertiary/aromatic N) is 4. The van der Waals surface area contributed by atoms with Gasteiger partial charge in [0.1, 0.15) is 5.69 Å². The van der Waals surface area contributed by atoms with E-state index < -0.39 is 17.8 Å². The average Bonchev–Trinajstić information content (AvgIpc) is 3.52. The Labute approximate surface area is 272 Å². The summed E-state index contributed by atoms with van der Waals surface area (Å²) in [5.41, 5.74) is 3.95. The van der Waals surface area contributed by atoms with Crippen molar-refractivity contribution < 1.29 is 27.3 Å². The van der Waals surface area contributed by atoms with Crippen LogP contribution in [0.2, 0.25) is 0 Å². The van der Waals surface area contributed by atoms with Crippen molar-refractivity contribution in [3.8, 4) is 11.3 Å². The minimum atomic E-state index is -4.54. The normalized spacial score (nSPS) is 14.6. The highest BCUT2D eigenvalue weighted by Crippen LogP contribution is 2.30. The van der Waals surface area contributed by atoms with Gasteiger partial charge in [0, 0.05) is 68.3 Å². The third-order valence-corrected chi connectivity index (χ3v) is 8.28. The molecule has 9 nitrogen and oxygen atoms in total. The van der Waals surface area contributed by atoms with Gasteiger partial charge in [-0.3, -0.25) is 19.5 Å². The van der Waals surface area contributed by atoms with E-state index in [1.807, 2.05) is 25.1 Å². The molecule has 2 N–H and O–H groups in total. The van der Waals surface area contributed by atoms with Crippen LogP contribution in [-0.2, 0) is 24.7 Å². The number of halogens is 3. The average molecular weight is 649 g/mol. The summed E-state index contributed by atoms with van der Waals surface area (Å²) < 4.78 is 43.8. The Morgan fingerprint density at radius 2 is 1.68 bits per heavy atom. The molecule has 12 heteroatoms. The molecule has 0 bridgehead atoms. The third-order valence-electron chi connectivity index (χ3n) is 8.28. The second-order valence-corrected chi connectivity index (χ2v) is 13.0. The lowest BCUT2D eigenvalue weighted by atomic mass is 9.85. The first kappa shape index (κ1) is 33.8. The van der Waals surface area contributed by atoms with E-state index in [4.69, 9.17) is 4.52 Å². The van der Waals surface area contributed by atoms with Crippen molar-refractivity contribution in [2.45, 2.75) is 52.4 Å². The number of aryl methyl sites for hydroxylation is 1. The van der Waals surface area contributed by atoms with Crippen molar-refractivity contribution in [3.63, 3.8) is 0 Å². The summed E-state index contributed by atoms with van der Waals surface area (Å²) in [4.78, 5) is 34.6. The topological polar surface area (TPSA) is 104 Å². The Balaban J connectivity index is 1.30. The second-order valence-electron chi connectivity index (χ2n) is 13.0. The first-order valence-electron chi connectivity index (χ1n) is 15.4. The van der Waals surface area contributed by atoms with Crippen LogP contribution >= 0.6 is 0 Å². The largest absolute Gasteiger partial charge is 0.433 e. The molecule has 1 saturated heterocycles. The number of anilines is 1. The van der Waals surface area contributed by atoms with Crippen molar-refractivity contribution in [2.24, 2.45) is 0 Å². The van der Waals surface area contributed by atoms with Crippen LogP contribution in [0.1, 0.15) is 69.6 Å². The molecule has 0 radical (unpaired) electrons. The minimum absolute atomic E-state index is 0.00116. The number of hydrogen-bond acceptors (Lipinski definition) is 7. The van der Waals surface area contributed by atoms with Crippen molar-refractivity contribution in [1.29, 1.82) is 0 Å². The standard InChI is InChI=1S/C35H39F3N6O3/c1-22-6-10-26(41-32(45)28-16-25(34(2,3)4)9-8-24(28)21-44-14-12-43(5)13-15-44)17-27(22)30-18-29(42-47-30)33(46)40-20-23-7-11-31(39-19-23)35(36,37)38/h6-11,16-19H,12-15,20-21H2,1-5H3,(H,40,46)(H,41,45). The van der Waals surface area contributed by atoms with Gasteiger partial charge < -0.3 is 20.1 Å². The van der Waals surface area contributed by atoms with Crippen LogP contribution in [0.5, 0.6) is 0 Å². The molecule has 5 rings (SSSR count). The van der Waals surface area contributed by atoms with Gasteiger partial charge in [-0.1, -0.05) is 50.2 Å². The van der Waals surface area contributed by atoms with E-state index >= 15 is 0 Å². The second kappa shape index (κ2) is 13.7. The quantitative estimate of drug-likeness (QED) is 0.232. The van der Waals surface area contributed by atoms with Crippen LogP contribution in [0.15, 0.2) is 65.3 Å². The van der Waals surface area contributed by atoms with Gasteiger partial charge in [-0.25, -0.2) is 0 Å². The van der Waals surface area contributed by atoms with Gasteiger partial charge >= 0.3 is 6.18 Å². The van der Waals surface area contributed by atoms with Gasteiger partial charge in [-0.2, -0.15) is 13.2 Å². The zero-order chi connectivity index (χ0) is 33.9. The molecule has 1 fully saturated rings. The molecule has 47 heavy (non-hydrogen) atoms. The molecule has 0 aliphatic carbocycles. The maximum absolute atomic E-state index is 13.8. The van der Waals surface area contributed by atoms with E-state index in [0.717, 1.165) is 55.1 Å². The maximum atomic E-state index is 13.8. The zero-order valence-electron chi connectivity index (χ0n) is 27.2. The fourth-order valence-electron chi connectivity index (χ4n) is 5.28. The Kier molecular flexibility index (Phi) is 9.83. The van der Waals surface area contributed by atoms with Crippen LogP contribution < -0.4 is 10.6 Å². The summed E-state index contributed by atoms with van der Waals surface area (Å²) >= 11 is 0. The van der Waals surface area contributed by atoms with Gasteiger partial charge in [0.15, 0.2) is 11.5 Å². The lowest BCUT2D eigenvalue weighted by Gasteiger charge is -2.33. The molecule has 4 aromatic rings. The minimum Gasteiger partial charge on any atom is -0.355 e. The van der Waals surface area contributed by atoms with Crippen molar-refractivity contribution in [2.75, 3.05) is 38.5 Å². The monoisotopic (exact) mass is 648 g/mol. The number of aromatic nitrogens is 2. The van der Waals surface area contributed by atoms with Crippen molar-refractivity contribution in [1.82, 2.24) is 25.3 Å². The number of benzene rings is 2. The van der Waals surface area contributed by atoms with Gasteiger partial charge in [-0.05, 0) is 65.9 Å². The number of nitrogens with one attached hydrogen (secondary N) is 2. The number of likely N-dealkylation sites (N-methyl/N-ethyl adjacent to an activating group) is 1. The third kappa shape index (κ3) is 8.44. The van der Waals surface area contributed by atoms with Gasteiger partial charge in [0.25, 0.3) is 11.8 Å². The summed E-state index contributed by atoms with van der Waals surface area (Å²) in [7, 11) is 2.11. The molecular formula is C35H39F3N6O3. The summed E-state index contributed by atoms with van der Waals surface area (Å²) in [5.74, 6) is -0.454.